The predicted molar refractivity (Wildman–Crippen MR) is 45.3 cm³/mol. The first-order chi connectivity index (χ1) is 5.24. The third kappa shape index (κ3) is 2.04. The lowest BCUT2D eigenvalue weighted by Crippen LogP contribution is -2.00. The first-order valence-corrected chi connectivity index (χ1v) is 3.94. The lowest BCUT2D eigenvalue weighted by molar-refractivity contribution is 0.324. The number of rotatable bonds is 2. The topological polar surface area (TPSA) is 61.0 Å². The highest BCUT2D eigenvalue weighted by molar-refractivity contribution is 9.10. The van der Waals surface area contributed by atoms with Crippen molar-refractivity contribution in [1.82, 2.24) is 9.97 Å². The number of hydrogen-bond donors (Lipinski definition) is 1. The van der Waals surface area contributed by atoms with E-state index in [9.17, 15) is 0 Å². The SMILES string of the molecule is CCOc1nc(N)ncc1Br. The summed E-state index contributed by atoms with van der Waals surface area (Å²) in [6.45, 7) is 2.44. The minimum absolute atomic E-state index is 0.219. The Morgan fingerprint density at radius 2 is 2.45 bits per heavy atom. The molecule has 0 aliphatic heterocycles. The molecular formula is C6H8BrN3O. The van der Waals surface area contributed by atoms with Crippen LogP contribution in [0.3, 0.4) is 0 Å². The van der Waals surface area contributed by atoms with Gasteiger partial charge in [-0.15, -0.1) is 0 Å². The fourth-order valence-corrected chi connectivity index (χ4v) is 0.908. The monoisotopic (exact) mass is 217 g/mol. The zero-order valence-electron chi connectivity index (χ0n) is 6.04. The highest BCUT2D eigenvalue weighted by Crippen LogP contribution is 2.21. The maximum Gasteiger partial charge on any atom is 0.232 e. The quantitative estimate of drug-likeness (QED) is 0.810. The minimum atomic E-state index is 0.219. The van der Waals surface area contributed by atoms with Gasteiger partial charge in [-0.05, 0) is 22.9 Å². The molecule has 60 valence electrons. The second-order valence-electron chi connectivity index (χ2n) is 1.81. The summed E-state index contributed by atoms with van der Waals surface area (Å²) in [5.41, 5.74) is 5.33. The van der Waals surface area contributed by atoms with E-state index in [4.69, 9.17) is 10.5 Å². The second-order valence-corrected chi connectivity index (χ2v) is 2.67. The molecule has 0 saturated heterocycles. The van der Waals surface area contributed by atoms with Gasteiger partial charge in [0.2, 0.25) is 11.8 Å². The van der Waals surface area contributed by atoms with Crippen LogP contribution in [0.25, 0.3) is 0 Å². The number of anilines is 1. The molecule has 0 unspecified atom stereocenters. The van der Waals surface area contributed by atoms with Crippen LogP contribution in [-0.4, -0.2) is 16.6 Å². The van der Waals surface area contributed by atoms with Crippen molar-refractivity contribution >= 4 is 21.9 Å². The van der Waals surface area contributed by atoms with Crippen molar-refractivity contribution in [2.75, 3.05) is 12.3 Å². The highest BCUT2D eigenvalue weighted by atomic mass is 79.9. The lowest BCUT2D eigenvalue weighted by atomic mass is 10.6. The van der Waals surface area contributed by atoms with Crippen molar-refractivity contribution in [3.63, 3.8) is 0 Å². The average molecular weight is 218 g/mol. The Balaban J connectivity index is 2.93. The van der Waals surface area contributed by atoms with Crippen LogP contribution in [0.4, 0.5) is 5.95 Å². The second kappa shape index (κ2) is 3.52. The molecule has 0 aromatic carbocycles. The Morgan fingerprint density at radius 3 is 3.09 bits per heavy atom. The van der Waals surface area contributed by atoms with Crippen LogP contribution in [0, 0.1) is 0 Å². The van der Waals surface area contributed by atoms with Gasteiger partial charge >= 0.3 is 0 Å². The van der Waals surface area contributed by atoms with Gasteiger partial charge in [0.05, 0.1) is 17.3 Å². The van der Waals surface area contributed by atoms with Crippen molar-refractivity contribution in [3.8, 4) is 5.88 Å². The fourth-order valence-electron chi connectivity index (χ4n) is 0.602. The molecule has 0 amide bonds. The highest BCUT2D eigenvalue weighted by Gasteiger charge is 2.02. The van der Waals surface area contributed by atoms with Gasteiger partial charge in [0, 0.05) is 0 Å². The molecule has 1 aromatic heterocycles. The molecule has 5 heteroatoms. The molecule has 0 radical (unpaired) electrons. The number of nitrogens with zero attached hydrogens (tertiary/aromatic N) is 2. The third-order valence-corrected chi connectivity index (χ3v) is 1.56. The van der Waals surface area contributed by atoms with Crippen molar-refractivity contribution in [3.05, 3.63) is 10.7 Å². The Bertz CT molecular complexity index is 254. The maximum absolute atomic E-state index is 5.33. The zero-order chi connectivity index (χ0) is 8.27. The molecule has 1 rings (SSSR count). The van der Waals surface area contributed by atoms with E-state index < -0.39 is 0 Å². The molecule has 1 heterocycles. The van der Waals surface area contributed by atoms with Crippen LogP contribution in [0.15, 0.2) is 10.7 Å². The summed E-state index contributed by atoms with van der Waals surface area (Å²) in [7, 11) is 0. The Labute approximate surface area is 72.9 Å². The third-order valence-electron chi connectivity index (χ3n) is 1.01. The molecule has 0 saturated carbocycles. The molecule has 1 aromatic rings. The summed E-state index contributed by atoms with van der Waals surface area (Å²) in [5.74, 6) is 0.705. The minimum Gasteiger partial charge on any atom is -0.477 e. The van der Waals surface area contributed by atoms with Crippen molar-refractivity contribution in [2.45, 2.75) is 6.92 Å². The number of ether oxygens (including phenoxy) is 1. The molecule has 11 heavy (non-hydrogen) atoms. The summed E-state index contributed by atoms with van der Waals surface area (Å²) in [6, 6.07) is 0. The molecule has 4 nitrogen and oxygen atoms in total. The largest absolute Gasteiger partial charge is 0.477 e. The van der Waals surface area contributed by atoms with E-state index in [0.717, 1.165) is 0 Å². The van der Waals surface area contributed by atoms with E-state index in [1.807, 2.05) is 6.92 Å². The molecule has 0 aliphatic rings. The van der Waals surface area contributed by atoms with Crippen molar-refractivity contribution < 1.29 is 4.74 Å². The van der Waals surface area contributed by atoms with Gasteiger partial charge in [0.1, 0.15) is 0 Å². The van der Waals surface area contributed by atoms with Crippen LogP contribution in [-0.2, 0) is 0 Å². The summed E-state index contributed by atoms with van der Waals surface area (Å²) >= 11 is 3.23. The van der Waals surface area contributed by atoms with Crippen molar-refractivity contribution in [1.29, 1.82) is 0 Å². The van der Waals surface area contributed by atoms with E-state index in [1.165, 1.54) is 0 Å². The van der Waals surface area contributed by atoms with Crippen LogP contribution >= 0.6 is 15.9 Å². The fraction of sp³-hybridized carbons (Fsp3) is 0.333. The van der Waals surface area contributed by atoms with Crippen LogP contribution in [0.1, 0.15) is 6.92 Å². The van der Waals surface area contributed by atoms with E-state index in [-0.39, 0.29) is 5.95 Å². The van der Waals surface area contributed by atoms with Gasteiger partial charge in [-0.25, -0.2) is 4.98 Å². The average Bonchev–Trinajstić information content (AvgIpc) is 1.98. The summed E-state index contributed by atoms with van der Waals surface area (Å²) < 4.78 is 5.86. The summed E-state index contributed by atoms with van der Waals surface area (Å²) in [4.78, 5) is 7.62. The van der Waals surface area contributed by atoms with Gasteiger partial charge in [-0.3, -0.25) is 0 Å². The first kappa shape index (κ1) is 8.26. The molecule has 0 atom stereocenters. The smallest absolute Gasteiger partial charge is 0.232 e. The number of nitrogens with two attached hydrogens (primary N) is 1. The normalized spacial score (nSPS) is 9.64. The maximum atomic E-state index is 5.33. The lowest BCUT2D eigenvalue weighted by Gasteiger charge is -2.03. The molecule has 0 fully saturated rings. The Morgan fingerprint density at radius 1 is 1.73 bits per heavy atom. The van der Waals surface area contributed by atoms with E-state index in [0.29, 0.717) is 17.0 Å². The molecule has 0 spiro atoms. The van der Waals surface area contributed by atoms with Crippen LogP contribution < -0.4 is 10.5 Å². The number of aromatic nitrogens is 2. The molecule has 0 aliphatic carbocycles. The first-order valence-electron chi connectivity index (χ1n) is 3.15. The Hall–Kier alpha value is -0.840. The number of nitrogen functional groups attached to an aromatic ring is 1. The standard InChI is InChI=1S/C6H8BrN3O/c1-2-11-5-4(7)3-9-6(8)10-5/h3H,2H2,1H3,(H2,8,9,10). The summed E-state index contributed by atoms with van der Waals surface area (Å²) in [6.07, 6.45) is 1.56. The number of hydrogen-bond acceptors (Lipinski definition) is 4. The van der Waals surface area contributed by atoms with Gasteiger partial charge in [-0.2, -0.15) is 4.98 Å². The van der Waals surface area contributed by atoms with Gasteiger partial charge in [0.15, 0.2) is 0 Å². The van der Waals surface area contributed by atoms with E-state index in [2.05, 4.69) is 25.9 Å². The van der Waals surface area contributed by atoms with Crippen molar-refractivity contribution in [2.24, 2.45) is 0 Å². The number of halogens is 1. The van der Waals surface area contributed by atoms with Gasteiger partial charge in [-0.1, -0.05) is 0 Å². The van der Waals surface area contributed by atoms with E-state index >= 15 is 0 Å². The Kier molecular flexibility index (Phi) is 2.64. The summed E-state index contributed by atoms with van der Waals surface area (Å²) in [5, 5.41) is 0. The van der Waals surface area contributed by atoms with E-state index in [1.54, 1.807) is 6.20 Å². The predicted octanol–water partition coefficient (Wildman–Crippen LogP) is 1.22. The molecular weight excluding hydrogens is 210 g/mol. The van der Waals surface area contributed by atoms with Crippen LogP contribution in [0.5, 0.6) is 5.88 Å². The van der Waals surface area contributed by atoms with Gasteiger partial charge < -0.3 is 10.5 Å². The zero-order valence-corrected chi connectivity index (χ0v) is 7.63. The van der Waals surface area contributed by atoms with Gasteiger partial charge in [0.25, 0.3) is 0 Å². The van der Waals surface area contributed by atoms with Crippen LogP contribution in [0.2, 0.25) is 0 Å². The molecule has 2 N–H and O–H groups in total. The molecule has 0 bridgehead atoms.